The number of hydrogen-bond donors (Lipinski definition) is 1. The normalized spacial score (nSPS) is 17.2. The van der Waals surface area contributed by atoms with Gasteiger partial charge in [0.25, 0.3) is 0 Å². The lowest BCUT2D eigenvalue weighted by atomic mass is 10.2. The fraction of sp³-hybridized carbons (Fsp3) is 0.294. The van der Waals surface area contributed by atoms with Crippen molar-refractivity contribution in [2.75, 3.05) is 31.9 Å². The van der Waals surface area contributed by atoms with Gasteiger partial charge in [-0.15, -0.1) is 0 Å². The molecule has 0 saturated carbocycles. The first kappa shape index (κ1) is 16.0. The van der Waals surface area contributed by atoms with Gasteiger partial charge in [0.15, 0.2) is 0 Å². The van der Waals surface area contributed by atoms with Crippen molar-refractivity contribution >= 4 is 15.7 Å². The van der Waals surface area contributed by atoms with Gasteiger partial charge < -0.3 is 5.73 Å². The van der Waals surface area contributed by atoms with Crippen LogP contribution in [0.3, 0.4) is 0 Å². The van der Waals surface area contributed by atoms with Gasteiger partial charge in [0.2, 0.25) is 10.0 Å². The standard InChI is InChI=1S/C17H21N3O2S/c18-16-8-6-15(7-9-16)14-19-10-12-20(13-11-19)23(21,22)17-4-2-1-3-5-17/h1-9H,10-14,18H2. The van der Waals surface area contributed by atoms with Crippen LogP contribution in [0.4, 0.5) is 5.69 Å². The van der Waals surface area contributed by atoms with Gasteiger partial charge in [-0.1, -0.05) is 30.3 Å². The Labute approximate surface area is 137 Å². The third-order valence-corrected chi connectivity index (χ3v) is 6.01. The van der Waals surface area contributed by atoms with Gasteiger partial charge in [-0.05, 0) is 29.8 Å². The van der Waals surface area contributed by atoms with Gasteiger partial charge in [-0.3, -0.25) is 4.90 Å². The molecule has 0 aromatic heterocycles. The summed E-state index contributed by atoms with van der Waals surface area (Å²) < 4.78 is 26.7. The minimum Gasteiger partial charge on any atom is -0.399 e. The van der Waals surface area contributed by atoms with Crippen molar-refractivity contribution < 1.29 is 8.42 Å². The number of benzene rings is 2. The Bertz CT molecular complexity index is 737. The average molecular weight is 331 g/mol. The van der Waals surface area contributed by atoms with Gasteiger partial charge in [0, 0.05) is 38.4 Å². The number of nitrogens with zero attached hydrogens (tertiary/aromatic N) is 2. The van der Waals surface area contributed by atoms with Crippen LogP contribution >= 0.6 is 0 Å². The lowest BCUT2D eigenvalue weighted by Crippen LogP contribution is -2.48. The molecule has 2 aromatic rings. The largest absolute Gasteiger partial charge is 0.399 e. The number of hydrogen-bond acceptors (Lipinski definition) is 4. The van der Waals surface area contributed by atoms with E-state index in [1.165, 1.54) is 5.56 Å². The summed E-state index contributed by atoms with van der Waals surface area (Å²) in [5, 5.41) is 0. The summed E-state index contributed by atoms with van der Waals surface area (Å²) >= 11 is 0. The van der Waals surface area contributed by atoms with E-state index in [9.17, 15) is 8.42 Å². The van der Waals surface area contributed by atoms with Crippen LogP contribution in [0, 0.1) is 0 Å². The maximum Gasteiger partial charge on any atom is 0.243 e. The lowest BCUT2D eigenvalue weighted by Gasteiger charge is -2.34. The van der Waals surface area contributed by atoms with E-state index >= 15 is 0 Å². The first-order chi connectivity index (χ1) is 11.1. The Morgan fingerprint density at radius 1 is 0.870 bits per heavy atom. The first-order valence-electron chi connectivity index (χ1n) is 7.68. The number of anilines is 1. The molecule has 6 heteroatoms. The molecule has 1 fully saturated rings. The van der Waals surface area contributed by atoms with E-state index in [4.69, 9.17) is 5.73 Å². The molecule has 122 valence electrons. The van der Waals surface area contributed by atoms with Crippen LogP contribution < -0.4 is 5.73 Å². The molecular formula is C17H21N3O2S. The van der Waals surface area contributed by atoms with Crippen LogP contribution in [0.5, 0.6) is 0 Å². The van der Waals surface area contributed by atoms with Crippen LogP contribution in [-0.4, -0.2) is 43.8 Å². The van der Waals surface area contributed by atoms with Gasteiger partial charge in [0.05, 0.1) is 4.90 Å². The molecule has 0 spiro atoms. The molecule has 23 heavy (non-hydrogen) atoms. The van der Waals surface area contributed by atoms with E-state index < -0.39 is 10.0 Å². The quantitative estimate of drug-likeness (QED) is 0.867. The van der Waals surface area contributed by atoms with Crippen molar-refractivity contribution in [2.45, 2.75) is 11.4 Å². The molecule has 0 aliphatic carbocycles. The zero-order valence-electron chi connectivity index (χ0n) is 12.9. The first-order valence-corrected chi connectivity index (χ1v) is 9.12. The second-order valence-corrected chi connectivity index (χ2v) is 7.67. The maximum atomic E-state index is 12.6. The third kappa shape index (κ3) is 3.72. The zero-order valence-corrected chi connectivity index (χ0v) is 13.7. The van der Waals surface area contributed by atoms with Crippen LogP contribution in [0.25, 0.3) is 0 Å². The van der Waals surface area contributed by atoms with Crippen LogP contribution in [0.2, 0.25) is 0 Å². The van der Waals surface area contributed by atoms with Crippen molar-refractivity contribution in [1.82, 2.24) is 9.21 Å². The highest BCUT2D eigenvalue weighted by atomic mass is 32.2. The number of nitrogen functional groups attached to an aromatic ring is 1. The highest BCUT2D eigenvalue weighted by Gasteiger charge is 2.28. The Morgan fingerprint density at radius 2 is 1.48 bits per heavy atom. The second-order valence-electron chi connectivity index (χ2n) is 5.73. The molecule has 1 aliphatic heterocycles. The average Bonchev–Trinajstić information content (AvgIpc) is 2.58. The third-order valence-electron chi connectivity index (χ3n) is 4.10. The molecule has 0 unspecified atom stereocenters. The Morgan fingerprint density at radius 3 is 2.09 bits per heavy atom. The number of rotatable bonds is 4. The molecule has 2 N–H and O–H groups in total. The van der Waals surface area contributed by atoms with Gasteiger partial charge in [-0.25, -0.2) is 8.42 Å². The van der Waals surface area contributed by atoms with Gasteiger partial charge in [0.1, 0.15) is 0 Å². The molecule has 5 nitrogen and oxygen atoms in total. The van der Waals surface area contributed by atoms with Crippen molar-refractivity contribution in [3.8, 4) is 0 Å². The second kappa shape index (κ2) is 6.70. The molecule has 1 saturated heterocycles. The fourth-order valence-corrected chi connectivity index (χ4v) is 4.19. The topological polar surface area (TPSA) is 66.6 Å². The lowest BCUT2D eigenvalue weighted by molar-refractivity contribution is 0.181. The fourth-order valence-electron chi connectivity index (χ4n) is 2.75. The Kier molecular flexibility index (Phi) is 4.66. The highest BCUT2D eigenvalue weighted by molar-refractivity contribution is 7.89. The van der Waals surface area contributed by atoms with Crippen LogP contribution in [0.15, 0.2) is 59.5 Å². The van der Waals surface area contributed by atoms with E-state index in [-0.39, 0.29) is 0 Å². The maximum absolute atomic E-state index is 12.6. The van der Waals surface area contributed by atoms with Crippen molar-refractivity contribution in [2.24, 2.45) is 0 Å². The summed E-state index contributed by atoms with van der Waals surface area (Å²) in [6, 6.07) is 16.5. The van der Waals surface area contributed by atoms with E-state index in [0.717, 1.165) is 25.3 Å². The SMILES string of the molecule is Nc1ccc(CN2CCN(S(=O)(=O)c3ccccc3)CC2)cc1. The molecule has 0 atom stereocenters. The summed E-state index contributed by atoms with van der Waals surface area (Å²) in [6.07, 6.45) is 0. The van der Waals surface area contributed by atoms with Gasteiger partial charge >= 0.3 is 0 Å². The summed E-state index contributed by atoms with van der Waals surface area (Å²) in [6.45, 7) is 3.32. The molecule has 0 radical (unpaired) electrons. The predicted molar refractivity (Wildman–Crippen MR) is 91.3 cm³/mol. The monoisotopic (exact) mass is 331 g/mol. The Hall–Kier alpha value is -1.89. The van der Waals surface area contributed by atoms with Crippen LogP contribution in [0.1, 0.15) is 5.56 Å². The van der Waals surface area contributed by atoms with E-state index in [1.807, 2.05) is 30.3 Å². The molecule has 2 aromatic carbocycles. The summed E-state index contributed by atoms with van der Waals surface area (Å²) in [7, 11) is -3.37. The number of nitrogens with two attached hydrogens (primary N) is 1. The predicted octanol–water partition coefficient (Wildman–Crippen LogP) is 1.78. The van der Waals surface area contributed by atoms with E-state index in [0.29, 0.717) is 18.0 Å². The molecule has 0 amide bonds. The Balaban J connectivity index is 1.61. The summed E-state index contributed by atoms with van der Waals surface area (Å²) in [5.74, 6) is 0. The zero-order chi connectivity index (χ0) is 16.3. The summed E-state index contributed by atoms with van der Waals surface area (Å²) in [5.41, 5.74) is 7.64. The molecule has 0 bridgehead atoms. The molecular weight excluding hydrogens is 310 g/mol. The highest BCUT2D eigenvalue weighted by Crippen LogP contribution is 2.18. The van der Waals surface area contributed by atoms with Crippen molar-refractivity contribution in [3.63, 3.8) is 0 Å². The van der Waals surface area contributed by atoms with E-state index in [1.54, 1.807) is 28.6 Å². The van der Waals surface area contributed by atoms with Crippen molar-refractivity contribution in [3.05, 3.63) is 60.2 Å². The smallest absolute Gasteiger partial charge is 0.243 e. The minimum absolute atomic E-state index is 0.368. The molecule has 3 rings (SSSR count). The van der Waals surface area contributed by atoms with E-state index in [2.05, 4.69) is 4.90 Å². The minimum atomic E-state index is -3.37. The molecule has 1 heterocycles. The number of piperazine rings is 1. The number of sulfonamides is 1. The van der Waals surface area contributed by atoms with Gasteiger partial charge in [-0.2, -0.15) is 4.31 Å². The molecule has 1 aliphatic rings. The van der Waals surface area contributed by atoms with Crippen molar-refractivity contribution in [1.29, 1.82) is 0 Å². The summed E-state index contributed by atoms with van der Waals surface area (Å²) in [4.78, 5) is 2.63. The van der Waals surface area contributed by atoms with Crippen LogP contribution in [-0.2, 0) is 16.6 Å².